The molecule has 0 aliphatic heterocycles. The number of anilines is 1. The van der Waals surface area contributed by atoms with Crippen molar-refractivity contribution in [2.45, 2.75) is 13.8 Å². The van der Waals surface area contributed by atoms with Gasteiger partial charge in [0.1, 0.15) is 0 Å². The van der Waals surface area contributed by atoms with Gasteiger partial charge < -0.3 is 10.6 Å². The van der Waals surface area contributed by atoms with E-state index in [4.69, 9.17) is 0 Å². The van der Waals surface area contributed by atoms with Gasteiger partial charge >= 0.3 is 0 Å². The Labute approximate surface area is 149 Å². The monoisotopic (exact) mass is 444 g/mol. The minimum Gasteiger partial charge on any atom is -0.342 e. The second kappa shape index (κ2) is 7.39. The van der Waals surface area contributed by atoms with E-state index in [0.29, 0.717) is 4.88 Å². The van der Waals surface area contributed by atoms with Gasteiger partial charge in [-0.1, -0.05) is 18.2 Å². The van der Waals surface area contributed by atoms with Crippen molar-refractivity contribution in [1.29, 1.82) is 0 Å². The zero-order chi connectivity index (χ0) is 16.3. The van der Waals surface area contributed by atoms with E-state index in [-0.39, 0.29) is 18.4 Å². The molecule has 4 nitrogen and oxygen atoms in total. The predicted octanol–water partition coefficient (Wildman–Crippen LogP) is 4.26. The van der Waals surface area contributed by atoms with Crippen LogP contribution >= 0.6 is 43.2 Å². The second-order valence-electron chi connectivity index (χ2n) is 4.73. The maximum absolute atomic E-state index is 12.0. The van der Waals surface area contributed by atoms with Crippen LogP contribution in [0.2, 0.25) is 0 Å². The van der Waals surface area contributed by atoms with E-state index in [2.05, 4.69) is 42.5 Å². The van der Waals surface area contributed by atoms with Crippen LogP contribution < -0.4 is 10.6 Å². The minimum atomic E-state index is -0.270. The molecule has 0 saturated carbocycles. The summed E-state index contributed by atoms with van der Waals surface area (Å²) in [5.41, 5.74) is 2.78. The fourth-order valence-electron chi connectivity index (χ4n) is 1.90. The molecular weight excluding hydrogens is 432 g/mol. The van der Waals surface area contributed by atoms with E-state index in [9.17, 15) is 9.59 Å². The molecule has 2 aromatic rings. The lowest BCUT2D eigenvalue weighted by atomic mass is 10.1. The minimum absolute atomic E-state index is 0.0697. The number of amides is 2. The van der Waals surface area contributed by atoms with Crippen molar-refractivity contribution in [3.05, 3.63) is 48.5 Å². The molecule has 2 amide bonds. The van der Waals surface area contributed by atoms with E-state index < -0.39 is 0 Å². The fraction of sp³-hybridized carbons (Fsp3) is 0.200. The first-order valence-electron chi connectivity index (χ1n) is 6.47. The van der Waals surface area contributed by atoms with Crippen LogP contribution in [0.5, 0.6) is 0 Å². The molecule has 22 heavy (non-hydrogen) atoms. The number of nitrogens with one attached hydrogen (secondary N) is 2. The van der Waals surface area contributed by atoms with Crippen molar-refractivity contribution in [2.75, 3.05) is 11.9 Å². The Hall–Kier alpha value is -1.18. The molecule has 1 aromatic carbocycles. The van der Waals surface area contributed by atoms with Gasteiger partial charge in [0.15, 0.2) is 0 Å². The van der Waals surface area contributed by atoms with Gasteiger partial charge in [0.05, 0.1) is 15.2 Å². The molecule has 1 heterocycles. The van der Waals surface area contributed by atoms with Gasteiger partial charge in [-0.15, -0.1) is 11.3 Å². The zero-order valence-corrected chi connectivity index (χ0v) is 16.0. The summed E-state index contributed by atoms with van der Waals surface area (Å²) in [7, 11) is 0. The van der Waals surface area contributed by atoms with Crippen LogP contribution in [-0.4, -0.2) is 18.4 Å². The van der Waals surface area contributed by atoms with Crippen LogP contribution in [-0.2, 0) is 4.79 Å². The van der Waals surface area contributed by atoms with Gasteiger partial charge in [-0.25, -0.2) is 0 Å². The van der Waals surface area contributed by atoms with Gasteiger partial charge in [-0.05, 0) is 62.9 Å². The lowest BCUT2D eigenvalue weighted by Crippen LogP contribution is -2.32. The standard InChI is InChI=1S/C15H14Br2N2O2S/c1-8-4-3-5-9(2)13(8)19-12(20)7-18-15(21)11-6-10(16)14(17)22-11/h3-6H,7H2,1-2H3,(H,18,21)(H,19,20). The predicted molar refractivity (Wildman–Crippen MR) is 96.6 cm³/mol. The van der Waals surface area contributed by atoms with Crippen LogP contribution in [0.3, 0.4) is 0 Å². The van der Waals surface area contributed by atoms with Crippen molar-refractivity contribution < 1.29 is 9.59 Å². The molecule has 116 valence electrons. The molecule has 7 heteroatoms. The number of rotatable bonds is 4. The number of carbonyl (C=O) groups is 2. The number of thiophene rings is 1. The highest BCUT2D eigenvalue weighted by Crippen LogP contribution is 2.32. The van der Waals surface area contributed by atoms with E-state index in [0.717, 1.165) is 25.1 Å². The van der Waals surface area contributed by atoms with Gasteiger partial charge in [0.25, 0.3) is 5.91 Å². The lowest BCUT2D eigenvalue weighted by molar-refractivity contribution is -0.115. The largest absolute Gasteiger partial charge is 0.342 e. The summed E-state index contributed by atoms with van der Waals surface area (Å²) in [6, 6.07) is 7.52. The third-order valence-corrected chi connectivity index (χ3v) is 6.28. The number of aryl methyl sites for hydroxylation is 2. The molecule has 0 fully saturated rings. The van der Waals surface area contributed by atoms with Gasteiger partial charge in [0, 0.05) is 10.2 Å². The van der Waals surface area contributed by atoms with Gasteiger partial charge in [0.2, 0.25) is 5.91 Å². The molecule has 0 aliphatic rings. The third-order valence-electron chi connectivity index (χ3n) is 3.02. The van der Waals surface area contributed by atoms with Crippen LogP contribution in [0, 0.1) is 13.8 Å². The van der Waals surface area contributed by atoms with Gasteiger partial charge in [-0.3, -0.25) is 9.59 Å². The maximum Gasteiger partial charge on any atom is 0.261 e. The fourth-order valence-corrected chi connectivity index (χ4v) is 3.85. The Kier molecular flexibility index (Phi) is 5.77. The number of halogens is 2. The summed E-state index contributed by atoms with van der Waals surface area (Å²) >= 11 is 7.97. The molecule has 0 aliphatic carbocycles. The van der Waals surface area contributed by atoms with Crippen molar-refractivity contribution in [1.82, 2.24) is 5.32 Å². The van der Waals surface area contributed by atoms with E-state index in [1.54, 1.807) is 6.07 Å². The summed E-state index contributed by atoms with van der Waals surface area (Å²) in [4.78, 5) is 24.5. The average Bonchev–Trinajstić information content (AvgIpc) is 2.80. The van der Waals surface area contributed by atoms with Crippen LogP contribution in [0.4, 0.5) is 5.69 Å². The summed E-state index contributed by atoms with van der Waals surface area (Å²) < 4.78 is 1.67. The molecule has 0 unspecified atom stereocenters. The first kappa shape index (κ1) is 17.2. The summed E-state index contributed by atoms with van der Waals surface area (Å²) in [5.74, 6) is -0.520. The van der Waals surface area contributed by atoms with Crippen LogP contribution in [0.1, 0.15) is 20.8 Å². The summed E-state index contributed by atoms with van der Waals surface area (Å²) in [5, 5.41) is 5.45. The first-order valence-corrected chi connectivity index (χ1v) is 8.88. The summed E-state index contributed by atoms with van der Waals surface area (Å²) in [6.07, 6.45) is 0. The van der Waals surface area contributed by atoms with E-state index in [1.807, 2.05) is 32.0 Å². The second-order valence-corrected chi connectivity index (χ2v) is 7.95. The highest BCUT2D eigenvalue weighted by atomic mass is 79.9. The Bertz CT molecular complexity index is 689. The SMILES string of the molecule is Cc1cccc(C)c1NC(=O)CNC(=O)c1cc(Br)c(Br)s1. The Morgan fingerprint density at radius 1 is 1.18 bits per heavy atom. The number of hydrogen-bond donors (Lipinski definition) is 2. The lowest BCUT2D eigenvalue weighted by Gasteiger charge is -2.11. The maximum atomic E-state index is 12.0. The van der Waals surface area contributed by atoms with Crippen LogP contribution in [0.15, 0.2) is 32.5 Å². The number of hydrogen-bond acceptors (Lipinski definition) is 3. The van der Waals surface area contributed by atoms with Crippen molar-refractivity contribution in [3.63, 3.8) is 0 Å². The van der Waals surface area contributed by atoms with Crippen molar-refractivity contribution >= 4 is 60.7 Å². The van der Waals surface area contributed by atoms with Gasteiger partial charge in [-0.2, -0.15) is 0 Å². The van der Waals surface area contributed by atoms with Crippen LogP contribution in [0.25, 0.3) is 0 Å². The molecule has 0 radical (unpaired) electrons. The molecule has 2 N–H and O–H groups in total. The third kappa shape index (κ3) is 4.18. The molecule has 0 bridgehead atoms. The van der Waals surface area contributed by atoms with E-state index >= 15 is 0 Å². The topological polar surface area (TPSA) is 58.2 Å². The normalized spacial score (nSPS) is 10.4. The van der Waals surface area contributed by atoms with Crippen molar-refractivity contribution in [2.24, 2.45) is 0 Å². The summed E-state index contributed by atoms with van der Waals surface area (Å²) in [6.45, 7) is 3.80. The quantitative estimate of drug-likeness (QED) is 0.738. The zero-order valence-electron chi connectivity index (χ0n) is 12.0. The molecule has 2 rings (SSSR count). The smallest absolute Gasteiger partial charge is 0.261 e. The molecule has 0 spiro atoms. The number of para-hydroxylation sites is 1. The Morgan fingerprint density at radius 2 is 1.82 bits per heavy atom. The highest BCUT2D eigenvalue weighted by Gasteiger charge is 2.13. The highest BCUT2D eigenvalue weighted by molar-refractivity contribution is 9.13. The van der Waals surface area contributed by atoms with E-state index in [1.165, 1.54) is 11.3 Å². The molecule has 0 atom stereocenters. The Balaban J connectivity index is 1.94. The Morgan fingerprint density at radius 3 is 2.36 bits per heavy atom. The average molecular weight is 446 g/mol. The molecular formula is C15H14Br2N2O2S. The molecule has 0 saturated heterocycles. The number of benzene rings is 1. The molecule has 1 aromatic heterocycles. The number of carbonyl (C=O) groups excluding carboxylic acids is 2. The first-order chi connectivity index (χ1) is 10.4. The van der Waals surface area contributed by atoms with Crippen molar-refractivity contribution in [3.8, 4) is 0 Å².